The van der Waals surface area contributed by atoms with Crippen molar-refractivity contribution in [3.8, 4) is 0 Å². The number of aryl methyl sites for hydroxylation is 2. The number of aromatic nitrogens is 4. The van der Waals surface area contributed by atoms with Crippen molar-refractivity contribution in [3.63, 3.8) is 0 Å². The highest BCUT2D eigenvalue weighted by atomic mass is 16.2. The van der Waals surface area contributed by atoms with Crippen molar-refractivity contribution in [2.24, 2.45) is 14.1 Å². The predicted octanol–water partition coefficient (Wildman–Crippen LogP) is 0.138. The molecule has 0 saturated carbocycles. The SMILES string of the molecule is CN(C)c1ccc(NC(=O)Cn2c(=O)c3c(ncn3C)n(C)c2=O)cc1. The summed E-state index contributed by atoms with van der Waals surface area (Å²) in [5.74, 6) is -0.455. The zero-order valence-electron chi connectivity index (χ0n) is 15.1. The highest BCUT2D eigenvalue weighted by molar-refractivity contribution is 5.90. The van der Waals surface area contributed by atoms with Gasteiger partial charge in [0.05, 0.1) is 6.33 Å². The second kappa shape index (κ2) is 6.51. The Morgan fingerprint density at radius 1 is 1.15 bits per heavy atom. The first-order valence-electron chi connectivity index (χ1n) is 7.97. The number of hydrogen-bond acceptors (Lipinski definition) is 5. The minimum atomic E-state index is -0.584. The van der Waals surface area contributed by atoms with Crippen LogP contribution in [0.5, 0.6) is 0 Å². The quantitative estimate of drug-likeness (QED) is 0.718. The molecule has 1 amide bonds. The molecule has 0 bridgehead atoms. The minimum Gasteiger partial charge on any atom is -0.378 e. The van der Waals surface area contributed by atoms with Gasteiger partial charge in [-0.3, -0.25) is 14.2 Å². The number of anilines is 2. The van der Waals surface area contributed by atoms with Gasteiger partial charge in [0.15, 0.2) is 11.2 Å². The van der Waals surface area contributed by atoms with Gasteiger partial charge in [-0.25, -0.2) is 14.3 Å². The zero-order chi connectivity index (χ0) is 19.0. The lowest BCUT2D eigenvalue weighted by Gasteiger charge is -2.13. The number of carbonyl (C=O) groups excluding carboxylic acids is 1. The fourth-order valence-corrected chi connectivity index (χ4v) is 2.72. The molecule has 0 aliphatic heterocycles. The van der Waals surface area contributed by atoms with Crippen molar-refractivity contribution in [2.45, 2.75) is 6.54 Å². The van der Waals surface area contributed by atoms with E-state index in [0.29, 0.717) is 11.3 Å². The highest BCUT2D eigenvalue weighted by Gasteiger charge is 2.17. The molecule has 0 spiro atoms. The van der Waals surface area contributed by atoms with E-state index < -0.39 is 17.2 Å². The lowest BCUT2D eigenvalue weighted by molar-refractivity contribution is -0.116. The van der Waals surface area contributed by atoms with E-state index in [9.17, 15) is 14.4 Å². The smallest absolute Gasteiger partial charge is 0.332 e. The average Bonchev–Trinajstić information content (AvgIpc) is 2.99. The van der Waals surface area contributed by atoms with E-state index in [1.165, 1.54) is 22.5 Å². The van der Waals surface area contributed by atoms with Crippen LogP contribution in [0.2, 0.25) is 0 Å². The fraction of sp³-hybridized carbons (Fsp3) is 0.294. The Morgan fingerprint density at radius 3 is 2.42 bits per heavy atom. The van der Waals surface area contributed by atoms with Gasteiger partial charge in [-0.1, -0.05) is 0 Å². The normalized spacial score (nSPS) is 10.9. The van der Waals surface area contributed by atoms with Gasteiger partial charge in [0.25, 0.3) is 5.56 Å². The third-order valence-electron chi connectivity index (χ3n) is 4.17. The summed E-state index contributed by atoms with van der Waals surface area (Å²) in [5.41, 5.74) is 1.02. The van der Waals surface area contributed by atoms with Crippen molar-refractivity contribution in [1.29, 1.82) is 0 Å². The van der Waals surface area contributed by atoms with Crippen LogP contribution in [0, 0.1) is 0 Å². The Labute approximate surface area is 149 Å². The first-order valence-corrected chi connectivity index (χ1v) is 7.97. The maximum atomic E-state index is 12.6. The van der Waals surface area contributed by atoms with Crippen molar-refractivity contribution in [1.82, 2.24) is 18.7 Å². The summed E-state index contributed by atoms with van der Waals surface area (Å²) < 4.78 is 3.70. The highest BCUT2D eigenvalue weighted by Crippen LogP contribution is 2.15. The summed E-state index contributed by atoms with van der Waals surface area (Å²) in [6.45, 7) is -0.373. The number of amides is 1. The van der Waals surface area contributed by atoms with Gasteiger partial charge in [-0.2, -0.15) is 0 Å². The molecule has 0 fully saturated rings. The largest absolute Gasteiger partial charge is 0.378 e. The van der Waals surface area contributed by atoms with Gasteiger partial charge < -0.3 is 14.8 Å². The van der Waals surface area contributed by atoms with E-state index in [0.717, 1.165) is 10.3 Å². The van der Waals surface area contributed by atoms with Crippen molar-refractivity contribution in [3.05, 3.63) is 51.4 Å². The molecule has 3 aromatic rings. The van der Waals surface area contributed by atoms with Crippen LogP contribution in [-0.2, 0) is 25.4 Å². The third-order valence-corrected chi connectivity index (χ3v) is 4.17. The van der Waals surface area contributed by atoms with E-state index in [1.807, 2.05) is 31.1 Å². The van der Waals surface area contributed by atoms with Gasteiger partial charge in [-0.05, 0) is 24.3 Å². The summed E-state index contributed by atoms with van der Waals surface area (Å²) in [5, 5.41) is 2.70. The monoisotopic (exact) mass is 356 g/mol. The minimum absolute atomic E-state index is 0.273. The zero-order valence-corrected chi connectivity index (χ0v) is 15.1. The van der Waals surface area contributed by atoms with Crippen molar-refractivity contribution >= 4 is 28.4 Å². The van der Waals surface area contributed by atoms with Crippen molar-refractivity contribution < 1.29 is 4.79 Å². The number of nitrogens with one attached hydrogen (secondary N) is 1. The van der Waals surface area contributed by atoms with E-state index in [-0.39, 0.29) is 12.1 Å². The van der Waals surface area contributed by atoms with Crippen molar-refractivity contribution in [2.75, 3.05) is 24.3 Å². The topological polar surface area (TPSA) is 94.2 Å². The van der Waals surface area contributed by atoms with Crippen LogP contribution in [0.3, 0.4) is 0 Å². The summed E-state index contributed by atoms with van der Waals surface area (Å²) >= 11 is 0. The summed E-state index contributed by atoms with van der Waals surface area (Å²) in [6.07, 6.45) is 1.46. The summed E-state index contributed by atoms with van der Waals surface area (Å²) in [7, 11) is 7.03. The molecule has 1 N–H and O–H groups in total. The Morgan fingerprint density at radius 2 is 1.81 bits per heavy atom. The molecule has 1 aromatic carbocycles. The van der Waals surface area contributed by atoms with Gasteiger partial charge >= 0.3 is 5.69 Å². The molecule has 0 aliphatic carbocycles. The van der Waals surface area contributed by atoms with Crippen LogP contribution in [0.1, 0.15) is 0 Å². The first-order chi connectivity index (χ1) is 12.3. The van der Waals surface area contributed by atoms with Gasteiger partial charge in [0.2, 0.25) is 5.91 Å². The molecule has 0 atom stereocenters. The second-order valence-electron chi connectivity index (χ2n) is 6.25. The maximum absolute atomic E-state index is 12.6. The van der Waals surface area contributed by atoms with E-state index in [1.54, 1.807) is 19.2 Å². The Balaban J connectivity index is 1.89. The number of imidazole rings is 1. The summed E-state index contributed by atoms with van der Waals surface area (Å²) in [4.78, 5) is 43.3. The standard InChI is InChI=1S/C17H20N6O3/c1-20(2)12-7-5-11(6-8-12)19-13(24)9-23-16(25)14-15(18-10-21(14)3)22(4)17(23)26/h5-8,10H,9H2,1-4H3,(H,19,24). The Hall–Kier alpha value is -3.36. The molecule has 0 aliphatic rings. The number of rotatable bonds is 4. The van der Waals surface area contributed by atoms with E-state index in [4.69, 9.17) is 0 Å². The number of hydrogen-bond donors (Lipinski definition) is 1. The number of nitrogens with zero attached hydrogens (tertiary/aromatic N) is 5. The molecule has 3 rings (SSSR count). The average molecular weight is 356 g/mol. The number of carbonyl (C=O) groups is 1. The third kappa shape index (κ3) is 2.99. The summed E-state index contributed by atoms with van der Waals surface area (Å²) in [6, 6.07) is 7.25. The van der Waals surface area contributed by atoms with Crippen LogP contribution < -0.4 is 21.5 Å². The van der Waals surface area contributed by atoms with Crippen LogP contribution in [0.4, 0.5) is 11.4 Å². The molecule has 0 saturated heterocycles. The molecule has 9 heteroatoms. The van der Waals surface area contributed by atoms with Gasteiger partial charge in [-0.15, -0.1) is 0 Å². The first kappa shape index (κ1) is 17.5. The molecular formula is C17H20N6O3. The van der Waals surface area contributed by atoms with E-state index >= 15 is 0 Å². The number of benzene rings is 1. The Bertz CT molecular complexity index is 1090. The van der Waals surface area contributed by atoms with Crippen LogP contribution in [-0.4, -0.2) is 38.7 Å². The molecule has 2 aromatic heterocycles. The maximum Gasteiger partial charge on any atom is 0.332 e. The molecular weight excluding hydrogens is 336 g/mol. The Kier molecular flexibility index (Phi) is 4.37. The molecule has 136 valence electrons. The molecule has 26 heavy (non-hydrogen) atoms. The predicted molar refractivity (Wildman–Crippen MR) is 99.6 cm³/mol. The second-order valence-corrected chi connectivity index (χ2v) is 6.25. The lowest BCUT2D eigenvalue weighted by atomic mass is 10.2. The molecule has 0 radical (unpaired) electrons. The van der Waals surface area contributed by atoms with Gasteiger partial charge in [0.1, 0.15) is 6.54 Å². The van der Waals surface area contributed by atoms with Crippen LogP contribution >= 0.6 is 0 Å². The van der Waals surface area contributed by atoms with Gasteiger partial charge in [0, 0.05) is 39.6 Å². The van der Waals surface area contributed by atoms with Crippen LogP contribution in [0.25, 0.3) is 11.2 Å². The lowest BCUT2D eigenvalue weighted by Crippen LogP contribution is -2.42. The molecule has 9 nitrogen and oxygen atoms in total. The number of fused-ring (bicyclic) bond motifs is 1. The fourth-order valence-electron chi connectivity index (χ4n) is 2.72. The molecule has 0 unspecified atom stereocenters. The van der Waals surface area contributed by atoms with E-state index in [2.05, 4.69) is 10.3 Å². The molecule has 2 heterocycles. The van der Waals surface area contributed by atoms with Crippen LogP contribution in [0.15, 0.2) is 40.2 Å².